The third-order valence-electron chi connectivity index (χ3n) is 1.56. The van der Waals surface area contributed by atoms with Crippen molar-refractivity contribution in [2.45, 2.75) is 12.3 Å². The van der Waals surface area contributed by atoms with E-state index in [9.17, 15) is 8.78 Å². The monoisotopic (exact) mass is 270 g/mol. The van der Waals surface area contributed by atoms with Crippen molar-refractivity contribution in [3.8, 4) is 0 Å². The largest absolute Gasteiger partial charge is 0.397 e. The van der Waals surface area contributed by atoms with E-state index in [4.69, 9.17) is 17.3 Å². The Bertz CT molecular complexity index is 320. The molecule has 72 valence electrons. The highest BCUT2D eigenvalue weighted by molar-refractivity contribution is 9.10. The van der Waals surface area contributed by atoms with Gasteiger partial charge in [-0.05, 0) is 15.9 Å². The standard InChI is InChI=1S/C7H6BrClF2N2/c8-6-5(7(10)11)3(1-9)4(12)2-13-6/h2,7H,1,12H2. The second kappa shape index (κ2) is 4.19. The molecule has 0 bridgehead atoms. The number of alkyl halides is 3. The predicted molar refractivity (Wildman–Crippen MR) is 50.9 cm³/mol. The van der Waals surface area contributed by atoms with Crippen LogP contribution in [0.3, 0.4) is 0 Å². The maximum atomic E-state index is 12.5. The molecule has 0 amide bonds. The molecule has 0 unspecified atom stereocenters. The Kier molecular flexibility index (Phi) is 3.44. The van der Waals surface area contributed by atoms with Gasteiger partial charge >= 0.3 is 0 Å². The molecular weight excluding hydrogens is 265 g/mol. The smallest absolute Gasteiger partial charge is 0.266 e. The summed E-state index contributed by atoms with van der Waals surface area (Å²) in [5, 5.41) is 0. The molecule has 0 radical (unpaired) electrons. The number of aromatic nitrogens is 1. The van der Waals surface area contributed by atoms with Crippen LogP contribution in [0, 0.1) is 0 Å². The quantitative estimate of drug-likeness (QED) is 0.663. The molecule has 0 saturated carbocycles. The van der Waals surface area contributed by atoms with Crippen LogP contribution in [-0.2, 0) is 5.88 Å². The molecule has 1 rings (SSSR count). The molecule has 1 aromatic heterocycles. The van der Waals surface area contributed by atoms with Gasteiger partial charge < -0.3 is 5.73 Å². The fourth-order valence-corrected chi connectivity index (χ4v) is 1.74. The van der Waals surface area contributed by atoms with E-state index in [1.807, 2.05) is 0 Å². The summed E-state index contributed by atoms with van der Waals surface area (Å²) in [4.78, 5) is 3.66. The molecule has 1 aromatic rings. The number of nitrogen functional groups attached to an aromatic ring is 1. The average Bonchev–Trinajstić information content (AvgIpc) is 2.07. The fourth-order valence-electron chi connectivity index (χ4n) is 0.925. The highest BCUT2D eigenvalue weighted by atomic mass is 79.9. The summed E-state index contributed by atoms with van der Waals surface area (Å²) in [6.45, 7) is 0. The number of rotatable bonds is 2. The molecule has 2 nitrogen and oxygen atoms in total. The van der Waals surface area contributed by atoms with E-state index >= 15 is 0 Å². The minimum absolute atomic E-state index is 0.0490. The van der Waals surface area contributed by atoms with Crippen molar-refractivity contribution in [3.63, 3.8) is 0 Å². The molecule has 0 spiro atoms. The lowest BCUT2D eigenvalue weighted by molar-refractivity contribution is 0.149. The van der Waals surface area contributed by atoms with Gasteiger partial charge in [0.15, 0.2) is 0 Å². The second-order valence-electron chi connectivity index (χ2n) is 2.33. The Labute approximate surface area is 87.2 Å². The van der Waals surface area contributed by atoms with Crippen molar-refractivity contribution < 1.29 is 8.78 Å². The average molecular weight is 271 g/mol. The molecule has 0 saturated heterocycles. The van der Waals surface area contributed by atoms with Crippen LogP contribution in [0.15, 0.2) is 10.8 Å². The van der Waals surface area contributed by atoms with Crippen LogP contribution in [0.1, 0.15) is 17.6 Å². The maximum Gasteiger partial charge on any atom is 0.266 e. The van der Waals surface area contributed by atoms with Crippen LogP contribution >= 0.6 is 27.5 Å². The molecule has 13 heavy (non-hydrogen) atoms. The van der Waals surface area contributed by atoms with Crippen LogP contribution in [0.25, 0.3) is 0 Å². The Morgan fingerprint density at radius 2 is 2.23 bits per heavy atom. The molecule has 0 fully saturated rings. The van der Waals surface area contributed by atoms with Gasteiger partial charge in [0.2, 0.25) is 0 Å². The first-order chi connectivity index (χ1) is 6.07. The van der Waals surface area contributed by atoms with E-state index in [1.165, 1.54) is 6.20 Å². The highest BCUT2D eigenvalue weighted by Gasteiger charge is 2.19. The van der Waals surface area contributed by atoms with Crippen molar-refractivity contribution in [1.82, 2.24) is 4.98 Å². The van der Waals surface area contributed by atoms with Crippen LogP contribution in [0.4, 0.5) is 14.5 Å². The molecule has 0 aliphatic rings. The summed E-state index contributed by atoms with van der Waals surface area (Å²) in [7, 11) is 0. The van der Waals surface area contributed by atoms with Gasteiger partial charge in [-0.25, -0.2) is 13.8 Å². The summed E-state index contributed by atoms with van der Waals surface area (Å²) >= 11 is 8.41. The number of halogens is 4. The zero-order valence-corrected chi connectivity index (χ0v) is 8.74. The van der Waals surface area contributed by atoms with Crippen molar-refractivity contribution >= 4 is 33.2 Å². The summed E-state index contributed by atoms with van der Waals surface area (Å²) in [6, 6.07) is 0. The third kappa shape index (κ3) is 2.08. The zero-order chi connectivity index (χ0) is 10.0. The van der Waals surface area contributed by atoms with E-state index < -0.39 is 6.43 Å². The van der Waals surface area contributed by atoms with Gasteiger partial charge in [0.05, 0.1) is 23.3 Å². The first-order valence-corrected chi connectivity index (χ1v) is 4.67. The topological polar surface area (TPSA) is 38.9 Å². The van der Waals surface area contributed by atoms with E-state index in [2.05, 4.69) is 20.9 Å². The summed E-state index contributed by atoms with van der Waals surface area (Å²) < 4.78 is 25.0. The Morgan fingerprint density at radius 1 is 1.62 bits per heavy atom. The van der Waals surface area contributed by atoms with E-state index in [0.29, 0.717) is 0 Å². The number of hydrogen-bond acceptors (Lipinski definition) is 2. The first-order valence-electron chi connectivity index (χ1n) is 3.34. The summed E-state index contributed by atoms with van der Waals surface area (Å²) in [6.07, 6.45) is -1.33. The molecule has 2 N–H and O–H groups in total. The number of nitrogens with zero attached hydrogens (tertiary/aromatic N) is 1. The number of anilines is 1. The van der Waals surface area contributed by atoms with Gasteiger partial charge in [0.1, 0.15) is 4.60 Å². The second-order valence-corrected chi connectivity index (χ2v) is 3.35. The van der Waals surface area contributed by atoms with Crippen LogP contribution < -0.4 is 5.73 Å². The Morgan fingerprint density at radius 3 is 2.62 bits per heavy atom. The lowest BCUT2D eigenvalue weighted by Gasteiger charge is -2.09. The fraction of sp³-hybridized carbons (Fsp3) is 0.286. The molecule has 0 aliphatic carbocycles. The lowest BCUT2D eigenvalue weighted by atomic mass is 10.1. The predicted octanol–water partition coefficient (Wildman–Crippen LogP) is 3.10. The van der Waals surface area contributed by atoms with Crippen LogP contribution in [-0.4, -0.2) is 4.98 Å². The highest BCUT2D eigenvalue weighted by Crippen LogP contribution is 2.32. The Hall–Kier alpha value is -0.420. The van der Waals surface area contributed by atoms with Crippen molar-refractivity contribution in [2.75, 3.05) is 5.73 Å². The number of pyridine rings is 1. The van der Waals surface area contributed by atoms with E-state index in [0.717, 1.165) is 0 Å². The van der Waals surface area contributed by atoms with E-state index in [1.54, 1.807) is 0 Å². The maximum absolute atomic E-state index is 12.5. The third-order valence-corrected chi connectivity index (χ3v) is 2.46. The van der Waals surface area contributed by atoms with Gasteiger partial charge in [-0.15, -0.1) is 11.6 Å². The number of nitrogens with two attached hydrogens (primary N) is 1. The molecule has 0 aromatic carbocycles. The van der Waals surface area contributed by atoms with Crippen molar-refractivity contribution in [1.29, 1.82) is 0 Å². The van der Waals surface area contributed by atoms with Gasteiger partial charge in [-0.2, -0.15) is 0 Å². The zero-order valence-electron chi connectivity index (χ0n) is 6.40. The van der Waals surface area contributed by atoms with E-state index in [-0.39, 0.29) is 27.3 Å². The van der Waals surface area contributed by atoms with Gasteiger partial charge in [-0.3, -0.25) is 0 Å². The minimum atomic E-state index is -2.63. The van der Waals surface area contributed by atoms with Crippen LogP contribution in [0.5, 0.6) is 0 Å². The van der Waals surface area contributed by atoms with Crippen molar-refractivity contribution in [3.05, 3.63) is 21.9 Å². The SMILES string of the molecule is Nc1cnc(Br)c(C(F)F)c1CCl. The molecular formula is C7H6BrClF2N2. The normalized spacial score (nSPS) is 10.8. The summed E-state index contributed by atoms with van der Waals surface area (Å²) in [5.41, 5.74) is 5.63. The number of hydrogen-bond donors (Lipinski definition) is 1. The first kappa shape index (κ1) is 10.7. The van der Waals surface area contributed by atoms with Crippen LogP contribution in [0.2, 0.25) is 0 Å². The minimum Gasteiger partial charge on any atom is -0.397 e. The Balaban J connectivity index is 3.35. The van der Waals surface area contributed by atoms with Gasteiger partial charge in [0, 0.05) is 5.56 Å². The van der Waals surface area contributed by atoms with Gasteiger partial charge in [-0.1, -0.05) is 0 Å². The lowest BCUT2D eigenvalue weighted by Crippen LogP contribution is -2.01. The molecule has 1 heterocycles. The molecule has 6 heteroatoms. The molecule has 0 aliphatic heterocycles. The summed E-state index contributed by atoms with van der Waals surface area (Å²) in [5.74, 6) is -0.0490. The van der Waals surface area contributed by atoms with Gasteiger partial charge in [0.25, 0.3) is 6.43 Å². The molecule has 0 atom stereocenters. The van der Waals surface area contributed by atoms with Crippen molar-refractivity contribution in [2.24, 2.45) is 0 Å².